The zero-order chi connectivity index (χ0) is 24.9. The predicted molar refractivity (Wildman–Crippen MR) is 152 cm³/mol. The monoisotopic (exact) mass is 498 g/mol. The van der Waals surface area contributed by atoms with Gasteiger partial charge in [-0.1, -0.05) is 30.3 Å². The van der Waals surface area contributed by atoms with Crippen LogP contribution >= 0.6 is 0 Å². The molecule has 1 aromatic heterocycles. The Morgan fingerprint density at radius 1 is 0.649 bits per heavy atom. The summed E-state index contributed by atoms with van der Waals surface area (Å²) in [5, 5.41) is 11.3. The molecule has 8 nitrogen and oxygen atoms in total. The standard InChI is InChI=1S/C29H38N8/c1-2-9-25-22-26(11-10-24(25)8-1)33-30-12-7-13-34-18-20-36(21-19-34)28-23-27(35-14-3-4-15-35)31-29(32-28)37-16-5-6-17-37/h1-2,8-11,22-23H,3-7,12-21H2/b33-30+. The van der Waals surface area contributed by atoms with Crippen molar-refractivity contribution in [1.29, 1.82) is 0 Å². The molecule has 0 N–H and O–H groups in total. The molecule has 3 saturated heterocycles. The van der Waals surface area contributed by atoms with Gasteiger partial charge < -0.3 is 14.7 Å². The molecule has 8 heteroatoms. The van der Waals surface area contributed by atoms with E-state index in [1.54, 1.807) is 0 Å². The highest BCUT2D eigenvalue weighted by atomic mass is 15.3. The van der Waals surface area contributed by atoms with E-state index >= 15 is 0 Å². The summed E-state index contributed by atoms with van der Waals surface area (Å²) < 4.78 is 0. The number of aromatic nitrogens is 2. The summed E-state index contributed by atoms with van der Waals surface area (Å²) in [7, 11) is 0. The van der Waals surface area contributed by atoms with Crippen molar-refractivity contribution in [3.8, 4) is 0 Å². The molecule has 0 unspecified atom stereocenters. The zero-order valence-electron chi connectivity index (χ0n) is 21.8. The Hall–Kier alpha value is -3.26. The first kappa shape index (κ1) is 24.1. The third kappa shape index (κ3) is 5.85. The molecule has 194 valence electrons. The minimum atomic E-state index is 0.761. The highest BCUT2D eigenvalue weighted by molar-refractivity contribution is 5.85. The van der Waals surface area contributed by atoms with Crippen molar-refractivity contribution in [3.05, 3.63) is 48.5 Å². The summed E-state index contributed by atoms with van der Waals surface area (Å²) >= 11 is 0. The number of piperazine rings is 1. The van der Waals surface area contributed by atoms with Gasteiger partial charge in [0.2, 0.25) is 5.95 Å². The Balaban J connectivity index is 1.01. The van der Waals surface area contributed by atoms with Gasteiger partial charge >= 0.3 is 0 Å². The molecule has 0 amide bonds. The Morgan fingerprint density at radius 2 is 1.30 bits per heavy atom. The highest BCUT2D eigenvalue weighted by Crippen LogP contribution is 2.28. The summed E-state index contributed by atoms with van der Waals surface area (Å²) in [5.41, 5.74) is 0.929. The fraction of sp³-hybridized carbons (Fsp3) is 0.517. The van der Waals surface area contributed by atoms with E-state index in [4.69, 9.17) is 9.97 Å². The first-order chi connectivity index (χ1) is 18.3. The van der Waals surface area contributed by atoms with Crippen molar-refractivity contribution in [2.75, 3.05) is 80.1 Å². The molecule has 0 aliphatic carbocycles. The van der Waals surface area contributed by atoms with Gasteiger partial charge in [0.05, 0.1) is 12.2 Å². The topological polar surface area (TPSA) is 63.5 Å². The largest absolute Gasteiger partial charge is 0.356 e. The number of azo groups is 1. The second-order valence-corrected chi connectivity index (χ2v) is 10.5. The Labute approximate surface area is 220 Å². The molecule has 3 fully saturated rings. The second kappa shape index (κ2) is 11.4. The molecule has 0 atom stereocenters. The van der Waals surface area contributed by atoms with Crippen LogP contribution in [-0.4, -0.2) is 80.3 Å². The van der Waals surface area contributed by atoms with E-state index in [9.17, 15) is 0 Å². The van der Waals surface area contributed by atoms with E-state index in [-0.39, 0.29) is 0 Å². The third-order valence-corrected chi connectivity index (χ3v) is 7.85. The van der Waals surface area contributed by atoms with Crippen molar-refractivity contribution < 1.29 is 0 Å². The quantitative estimate of drug-likeness (QED) is 0.317. The van der Waals surface area contributed by atoms with E-state index in [0.717, 1.165) is 95.1 Å². The molecule has 0 saturated carbocycles. The second-order valence-electron chi connectivity index (χ2n) is 10.5. The molecule has 0 bridgehead atoms. The Bertz CT molecular complexity index is 1170. The SMILES string of the molecule is c1ccc2cc(/N=N/CCCN3CCN(c4cc(N5CCCC5)nc(N5CCCC5)n4)CC3)ccc2c1. The molecule has 3 aliphatic rings. The molecule has 3 aromatic rings. The van der Waals surface area contributed by atoms with Crippen LogP contribution in [0.25, 0.3) is 10.8 Å². The van der Waals surface area contributed by atoms with Crippen molar-refractivity contribution in [2.45, 2.75) is 32.1 Å². The van der Waals surface area contributed by atoms with Gasteiger partial charge in [0.1, 0.15) is 11.6 Å². The van der Waals surface area contributed by atoms with Crippen LogP contribution in [0.4, 0.5) is 23.3 Å². The maximum absolute atomic E-state index is 5.04. The first-order valence-electron chi connectivity index (χ1n) is 14.0. The van der Waals surface area contributed by atoms with Crippen LogP contribution in [0.3, 0.4) is 0 Å². The number of hydrogen-bond acceptors (Lipinski definition) is 8. The molecule has 37 heavy (non-hydrogen) atoms. The van der Waals surface area contributed by atoms with E-state index < -0.39 is 0 Å². The first-order valence-corrected chi connectivity index (χ1v) is 14.0. The average molecular weight is 499 g/mol. The van der Waals surface area contributed by atoms with Crippen LogP contribution < -0.4 is 14.7 Å². The van der Waals surface area contributed by atoms with Gasteiger partial charge in [0.15, 0.2) is 0 Å². The van der Waals surface area contributed by atoms with Gasteiger partial charge in [0.25, 0.3) is 0 Å². The van der Waals surface area contributed by atoms with E-state index in [1.165, 1.54) is 36.5 Å². The van der Waals surface area contributed by atoms with Gasteiger partial charge in [-0.3, -0.25) is 4.90 Å². The minimum absolute atomic E-state index is 0.761. The Morgan fingerprint density at radius 3 is 2.03 bits per heavy atom. The summed E-state index contributed by atoms with van der Waals surface area (Å²) in [4.78, 5) is 19.8. The maximum atomic E-state index is 5.04. The smallest absolute Gasteiger partial charge is 0.229 e. The lowest BCUT2D eigenvalue weighted by Gasteiger charge is -2.36. The third-order valence-electron chi connectivity index (χ3n) is 7.85. The van der Waals surface area contributed by atoms with Crippen LogP contribution in [0.5, 0.6) is 0 Å². The molecule has 3 aliphatic heterocycles. The van der Waals surface area contributed by atoms with E-state index in [0.29, 0.717) is 0 Å². The molecular formula is C29H38N8. The molecular weight excluding hydrogens is 460 g/mol. The lowest BCUT2D eigenvalue weighted by Crippen LogP contribution is -2.47. The highest BCUT2D eigenvalue weighted by Gasteiger charge is 2.24. The van der Waals surface area contributed by atoms with Crippen LogP contribution in [0.15, 0.2) is 58.8 Å². The molecule has 0 radical (unpaired) electrons. The normalized spacial score (nSPS) is 19.1. The molecule has 4 heterocycles. The summed E-state index contributed by atoms with van der Waals surface area (Å²) in [6.45, 7) is 10.3. The van der Waals surface area contributed by atoms with Crippen molar-refractivity contribution in [1.82, 2.24) is 14.9 Å². The average Bonchev–Trinajstić information content (AvgIpc) is 3.68. The van der Waals surface area contributed by atoms with Crippen LogP contribution in [0.1, 0.15) is 32.1 Å². The number of nitrogens with zero attached hydrogens (tertiary/aromatic N) is 8. The van der Waals surface area contributed by atoms with Crippen molar-refractivity contribution >= 4 is 34.0 Å². The molecule has 6 rings (SSSR count). The van der Waals surface area contributed by atoms with Crippen molar-refractivity contribution in [2.24, 2.45) is 10.2 Å². The lowest BCUT2D eigenvalue weighted by atomic mass is 10.1. The fourth-order valence-electron chi connectivity index (χ4n) is 5.67. The van der Waals surface area contributed by atoms with Gasteiger partial charge in [-0.15, -0.1) is 0 Å². The van der Waals surface area contributed by atoms with Gasteiger partial charge in [0, 0.05) is 65.0 Å². The number of hydrogen-bond donors (Lipinski definition) is 0. The summed E-state index contributed by atoms with van der Waals surface area (Å²) in [6, 6.07) is 16.9. The minimum Gasteiger partial charge on any atom is -0.356 e. The molecule has 0 spiro atoms. The maximum Gasteiger partial charge on any atom is 0.229 e. The summed E-state index contributed by atoms with van der Waals surface area (Å²) in [5.74, 6) is 3.14. The summed E-state index contributed by atoms with van der Waals surface area (Å²) in [6.07, 6.45) is 6.04. The number of anilines is 3. The van der Waals surface area contributed by atoms with Gasteiger partial charge in [-0.25, -0.2) is 0 Å². The lowest BCUT2D eigenvalue weighted by molar-refractivity contribution is 0.255. The number of rotatable bonds is 8. The van der Waals surface area contributed by atoms with Gasteiger partial charge in [-0.05, 0) is 55.0 Å². The van der Waals surface area contributed by atoms with E-state index in [1.807, 2.05) is 6.07 Å². The Kier molecular flexibility index (Phi) is 7.44. The predicted octanol–water partition coefficient (Wildman–Crippen LogP) is 5.13. The van der Waals surface area contributed by atoms with Crippen LogP contribution in [0, 0.1) is 0 Å². The van der Waals surface area contributed by atoms with Crippen LogP contribution in [0.2, 0.25) is 0 Å². The van der Waals surface area contributed by atoms with Crippen LogP contribution in [-0.2, 0) is 0 Å². The molecule has 2 aromatic carbocycles. The van der Waals surface area contributed by atoms with Crippen molar-refractivity contribution in [3.63, 3.8) is 0 Å². The number of benzene rings is 2. The van der Waals surface area contributed by atoms with E-state index in [2.05, 4.69) is 72.3 Å². The fourth-order valence-corrected chi connectivity index (χ4v) is 5.67. The van der Waals surface area contributed by atoms with Gasteiger partial charge in [-0.2, -0.15) is 20.2 Å². The number of fused-ring (bicyclic) bond motifs is 1. The zero-order valence-corrected chi connectivity index (χ0v) is 21.8.